The summed E-state index contributed by atoms with van der Waals surface area (Å²) in [5, 5.41) is 0. The van der Waals surface area contributed by atoms with Crippen LogP contribution in [-0.2, 0) is 16.4 Å². The predicted molar refractivity (Wildman–Crippen MR) is 70.8 cm³/mol. The molecule has 18 heavy (non-hydrogen) atoms. The number of nitrogens with two attached hydrogens (primary N) is 1. The second-order valence-corrected chi connectivity index (χ2v) is 7.41. The largest absolute Gasteiger partial charge is 0.329 e. The fraction of sp³-hybridized carbons (Fsp3) is 0.538. The number of fused-ring (bicyclic) bond motifs is 1. The van der Waals surface area contributed by atoms with E-state index in [2.05, 4.69) is 17.0 Å². The zero-order chi connectivity index (χ0) is 12.8. The Hall–Kier alpha value is -0.910. The lowest BCUT2D eigenvalue weighted by Gasteiger charge is -2.29. The van der Waals surface area contributed by atoms with Crippen LogP contribution in [-0.4, -0.2) is 37.4 Å². The highest BCUT2D eigenvalue weighted by Gasteiger charge is 2.39. The van der Waals surface area contributed by atoms with Gasteiger partial charge in [0.15, 0.2) is 9.84 Å². The van der Waals surface area contributed by atoms with Gasteiger partial charge in [0.25, 0.3) is 0 Å². The minimum absolute atomic E-state index is 0.135. The van der Waals surface area contributed by atoms with Crippen molar-refractivity contribution in [2.45, 2.75) is 25.0 Å². The second-order valence-electron chi connectivity index (χ2n) is 5.18. The first-order valence-corrected chi connectivity index (χ1v) is 8.17. The fourth-order valence-electron chi connectivity index (χ4n) is 3.17. The molecule has 2 aliphatic heterocycles. The van der Waals surface area contributed by atoms with E-state index < -0.39 is 9.84 Å². The van der Waals surface area contributed by atoms with Crippen molar-refractivity contribution in [1.82, 2.24) is 4.90 Å². The minimum atomic E-state index is -2.83. The van der Waals surface area contributed by atoms with Crippen LogP contribution in [0, 0.1) is 0 Å². The van der Waals surface area contributed by atoms with Crippen LogP contribution in [0.2, 0.25) is 0 Å². The van der Waals surface area contributed by atoms with Gasteiger partial charge in [-0.1, -0.05) is 24.3 Å². The Morgan fingerprint density at radius 1 is 1.33 bits per heavy atom. The Labute approximate surface area is 108 Å². The zero-order valence-electron chi connectivity index (χ0n) is 10.2. The van der Waals surface area contributed by atoms with Crippen molar-refractivity contribution in [3.8, 4) is 0 Å². The molecule has 0 bridgehead atoms. The van der Waals surface area contributed by atoms with E-state index in [1.54, 1.807) is 0 Å². The van der Waals surface area contributed by atoms with Crippen molar-refractivity contribution < 1.29 is 8.42 Å². The molecule has 0 aliphatic carbocycles. The topological polar surface area (TPSA) is 63.4 Å². The molecule has 4 nitrogen and oxygen atoms in total. The zero-order valence-corrected chi connectivity index (χ0v) is 11.1. The van der Waals surface area contributed by atoms with E-state index in [0.717, 1.165) is 13.0 Å². The average molecular weight is 266 g/mol. The number of sulfone groups is 1. The van der Waals surface area contributed by atoms with Crippen molar-refractivity contribution in [2.75, 3.05) is 18.1 Å². The Bertz CT molecular complexity index is 556. The molecule has 1 aromatic rings. The summed E-state index contributed by atoms with van der Waals surface area (Å²) in [5.41, 5.74) is 8.44. The van der Waals surface area contributed by atoms with Gasteiger partial charge in [-0.15, -0.1) is 0 Å². The molecule has 0 saturated carbocycles. The molecule has 2 unspecified atom stereocenters. The van der Waals surface area contributed by atoms with E-state index in [9.17, 15) is 8.42 Å². The molecule has 0 amide bonds. The molecule has 5 heteroatoms. The molecule has 1 fully saturated rings. The smallest absolute Gasteiger partial charge is 0.151 e. The molecule has 1 aromatic carbocycles. The maximum absolute atomic E-state index is 11.6. The summed E-state index contributed by atoms with van der Waals surface area (Å²) in [5.74, 6) is 0.610. The normalized spacial score (nSPS) is 30.5. The first-order chi connectivity index (χ1) is 8.61. The van der Waals surface area contributed by atoms with Gasteiger partial charge in [-0.05, 0) is 17.5 Å². The molecule has 98 valence electrons. The average Bonchev–Trinajstić information content (AvgIpc) is 2.88. The Morgan fingerprint density at radius 2 is 2.11 bits per heavy atom. The van der Waals surface area contributed by atoms with Crippen LogP contribution < -0.4 is 5.73 Å². The third kappa shape index (κ3) is 1.96. The summed E-state index contributed by atoms with van der Waals surface area (Å²) in [6, 6.07) is 8.59. The van der Waals surface area contributed by atoms with Crippen LogP contribution in [0.15, 0.2) is 24.3 Å². The number of nitrogens with zero attached hydrogens (tertiary/aromatic N) is 1. The highest BCUT2D eigenvalue weighted by molar-refractivity contribution is 7.91. The van der Waals surface area contributed by atoms with Gasteiger partial charge < -0.3 is 5.73 Å². The molecule has 2 heterocycles. The molecule has 2 N–H and O–H groups in total. The molecule has 0 spiro atoms. The van der Waals surface area contributed by atoms with Crippen molar-refractivity contribution in [3.05, 3.63) is 35.4 Å². The number of hydrogen-bond acceptors (Lipinski definition) is 4. The van der Waals surface area contributed by atoms with Crippen LogP contribution in [0.25, 0.3) is 0 Å². The third-order valence-corrected chi connectivity index (χ3v) is 5.82. The number of hydrogen-bond donors (Lipinski definition) is 1. The minimum Gasteiger partial charge on any atom is -0.329 e. The van der Waals surface area contributed by atoms with Crippen molar-refractivity contribution >= 4 is 9.84 Å². The van der Waals surface area contributed by atoms with Gasteiger partial charge in [0.2, 0.25) is 0 Å². The summed E-state index contributed by atoms with van der Waals surface area (Å²) in [6.07, 6.45) is 0.743. The lowest BCUT2D eigenvalue weighted by Crippen LogP contribution is -2.37. The maximum Gasteiger partial charge on any atom is 0.151 e. The highest BCUT2D eigenvalue weighted by atomic mass is 32.2. The molecular weight excluding hydrogens is 248 g/mol. The summed E-state index contributed by atoms with van der Waals surface area (Å²) in [7, 11) is -2.83. The van der Waals surface area contributed by atoms with Crippen LogP contribution in [0.1, 0.15) is 23.6 Å². The van der Waals surface area contributed by atoms with Gasteiger partial charge in [0.05, 0.1) is 11.5 Å². The van der Waals surface area contributed by atoms with E-state index in [0.29, 0.717) is 12.3 Å². The summed E-state index contributed by atoms with van der Waals surface area (Å²) >= 11 is 0. The van der Waals surface area contributed by atoms with E-state index in [-0.39, 0.29) is 17.8 Å². The van der Waals surface area contributed by atoms with Gasteiger partial charge in [-0.25, -0.2) is 8.42 Å². The van der Waals surface area contributed by atoms with Gasteiger partial charge in [0, 0.05) is 25.2 Å². The highest BCUT2D eigenvalue weighted by Crippen LogP contribution is 2.36. The van der Waals surface area contributed by atoms with Gasteiger partial charge in [-0.2, -0.15) is 0 Å². The van der Waals surface area contributed by atoms with Crippen molar-refractivity contribution in [2.24, 2.45) is 5.73 Å². The Balaban J connectivity index is 1.88. The van der Waals surface area contributed by atoms with Crippen LogP contribution in [0.3, 0.4) is 0 Å². The second kappa shape index (κ2) is 4.33. The number of rotatable bonds is 2. The standard InChI is InChI=1S/C13H18N2O2S/c14-7-13-12-4-2-1-3-10(12)8-15(13)11-5-6-18(16,17)9-11/h1-4,11,13H,5-9,14H2. The SMILES string of the molecule is NCC1c2ccccc2CN1C1CCS(=O)(=O)C1. The van der Waals surface area contributed by atoms with Crippen LogP contribution in [0.4, 0.5) is 0 Å². The van der Waals surface area contributed by atoms with Crippen molar-refractivity contribution in [1.29, 1.82) is 0 Å². The molecule has 0 aromatic heterocycles. The van der Waals surface area contributed by atoms with E-state index in [1.165, 1.54) is 11.1 Å². The van der Waals surface area contributed by atoms with Gasteiger partial charge >= 0.3 is 0 Å². The Kier molecular flexibility index (Phi) is 2.92. The fourth-order valence-corrected chi connectivity index (χ4v) is 4.91. The lowest BCUT2D eigenvalue weighted by molar-refractivity contribution is 0.164. The first kappa shape index (κ1) is 12.1. The number of benzene rings is 1. The third-order valence-electron chi connectivity index (χ3n) is 4.07. The maximum atomic E-state index is 11.6. The van der Waals surface area contributed by atoms with Gasteiger partial charge in [-0.3, -0.25) is 4.90 Å². The van der Waals surface area contributed by atoms with Crippen molar-refractivity contribution in [3.63, 3.8) is 0 Å². The molecule has 1 saturated heterocycles. The molecule has 2 aliphatic rings. The lowest BCUT2D eigenvalue weighted by atomic mass is 10.0. The monoisotopic (exact) mass is 266 g/mol. The molecule has 2 atom stereocenters. The molecule has 0 radical (unpaired) electrons. The molecule has 3 rings (SSSR count). The quantitative estimate of drug-likeness (QED) is 0.855. The van der Waals surface area contributed by atoms with E-state index in [1.807, 2.05) is 12.1 Å². The summed E-state index contributed by atoms with van der Waals surface area (Å²) < 4.78 is 23.2. The molecular formula is C13H18N2O2S. The van der Waals surface area contributed by atoms with Gasteiger partial charge in [0.1, 0.15) is 0 Å². The predicted octanol–water partition coefficient (Wildman–Crippen LogP) is 0.689. The summed E-state index contributed by atoms with van der Waals surface area (Å²) in [6.45, 7) is 1.38. The van der Waals surface area contributed by atoms with E-state index >= 15 is 0 Å². The first-order valence-electron chi connectivity index (χ1n) is 6.35. The Morgan fingerprint density at radius 3 is 2.78 bits per heavy atom. The van der Waals surface area contributed by atoms with Crippen LogP contribution >= 0.6 is 0 Å². The van der Waals surface area contributed by atoms with Crippen LogP contribution in [0.5, 0.6) is 0 Å². The summed E-state index contributed by atoms with van der Waals surface area (Å²) in [4.78, 5) is 2.27. The van der Waals surface area contributed by atoms with E-state index in [4.69, 9.17) is 5.73 Å².